The molecule has 0 saturated carbocycles. The maximum atomic E-state index is 13.3. The van der Waals surface area contributed by atoms with Crippen LogP contribution in [0.4, 0.5) is 5.69 Å². The fourth-order valence-electron chi connectivity index (χ4n) is 4.03. The van der Waals surface area contributed by atoms with Gasteiger partial charge < -0.3 is 10.2 Å². The monoisotopic (exact) mass is 489 g/mol. The molecule has 0 aliphatic carbocycles. The highest BCUT2D eigenvalue weighted by atomic mass is 16.2. The lowest BCUT2D eigenvalue weighted by atomic mass is 10.1. The van der Waals surface area contributed by atoms with Gasteiger partial charge in [-0.05, 0) is 54.0 Å². The van der Waals surface area contributed by atoms with Crippen molar-refractivity contribution in [2.24, 2.45) is 0 Å². The lowest BCUT2D eigenvalue weighted by Gasteiger charge is -2.22. The summed E-state index contributed by atoms with van der Waals surface area (Å²) in [6, 6.07) is 31.3. The van der Waals surface area contributed by atoms with Crippen molar-refractivity contribution >= 4 is 23.6 Å². The number of aromatic nitrogens is 1. The SMILES string of the molecule is Cc1cccc(CN(C(=O)C=Cc2ccccc2)c2ccc(CC(=O)NCCc3ccccn3)cc2)c1. The molecule has 0 aliphatic rings. The first-order chi connectivity index (χ1) is 18.1. The minimum absolute atomic E-state index is 0.0397. The molecule has 186 valence electrons. The number of nitrogens with zero attached hydrogens (tertiary/aromatic N) is 2. The zero-order chi connectivity index (χ0) is 25.9. The molecule has 5 heteroatoms. The van der Waals surface area contributed by atoms with Crippen LogP contribution in [0.25, 0.3) is 6.08 Å². The summed E-state index contributed by atoms with van der Waals surface area (Å²) < 4.78 is 0. The Hall–Kier alpha value is -4.51. The zero-order valence-corrected chi connectivity index (χ0v) is 21.0. The van der Waals surface area contributed by atoms with E-state index in [9.17, 15) is 9.59 Å². The Morgan fingerprint density at radius 2 is 1.65 bits per heavy atom. The van der Waals surface area contributed by atoms with Gasteiger partial charge in [0.05, 0.1) is 13.0 Å². The van der Waals surface area contributed by atoms with Gasteiger partial charge in [-0.1, -0.05) is 78.4 Å². The van der Waals surface area contributed by atoms with Crippen molar-refractivity contribution in [3.05, 3.63) is 137 Å². The molecule has 0 atom stereocenters. The Kier molecular flexibility index (Phi) is 8.97. The molecule has 37 heavy (non-hydrogen) atoms. The quantitative estimate of drug-likeness (QED) is 0.298. The molecule has 0 unspecified atom stereocenters. The van der Waals surface area contributed by atoms with Crippen LogP contribution in [0.15, 0.2) is 109 Å². The van der Waals surface area contributed by atoms with Crippen LogP contribution in [0.2, 0.25) is 0 Å². The predicted octanol–water partition coefficient (Wildman–Crippen LogP) is 5.54. The van der Waals surface area contributed by atoms with E-state index in [-0.39, 0.29) is 18.2 Å². The van der Waals surface area contributed by atoms with Gasteiger partial charge in [-0.15, -0.1) is 0 Å². The van der Waals surface area contributed by atoms with Gasteiger partial charge in [-0.3, -0.25) is 14.6 Å². The summed E-state index contributed by atoms with van der Waals surface area (Å²) in [6.45, 7) is 3.04. The smallest absolute Gasteiger partial charge is 0.251 e. The summed E-state index contributed by atoms with van der Waals surface area (Å²) in [4.78, 5) is 31.7. The molecule has 1 heterocycles. The molecule has 2 amide bonds. The molecule has 1 aromatic heterocycles. The first kappa shape index (κ1) is 25.6. The van der Waals surface area contributed by atoms with Gasteiger partial charge >= 0.3 is 0 Å². The van der Waals surface area contributed by atoms with E-state index in [1.54, 1.807) is 17.2 Å². The lowest BCUT2D eigenvalue weighted by molar-refractivity contribution is -0.120. The number of anilines is 1. The zero-order valence-electron chi connectivity index (χ0n) is 21.0. The Labute approximate surface area is 218 Å². The van der Waals surface area contributed by atoms with E-state index < -0.39 is 0 Å². The fourth-order valence-corrected chi connectivity index (χ4v) is 4.03. The normalized spacial score (nSPS) is 10.8. The minimum atomic E-state index is -0.106. The second-order valence-corrected chi connectivity index (χ2v) is 8.92. The second-order valence-electron chi connectivity index (χ2n) is 8.92. The molecule has 3 aromatic carbocycles. The van der Waals surface area contributed by atoms with Gasteiger partial charge in [-0.25, -0.2) is 0 Å². The number of nitrogens with one attached hydrogen (secondary N) is 1. The highest BCUT2D eigenvalue weighted by Gasteiger charge is 2.15. The number of carbonyl (C=O) groups excluding carboxylic acids is 2. The Bertz CT molecular complexity index is 1330. The van der Waals surface area contributed by atoms with Gasteiger partial charge in [0.1, 0.15) is 0 Å². The van der Waals surface area contributed by atoms with E-state index in [1.807, 2.05) is 104 Å². The second kappa shape index (κ2) is 13.0. The molecule has 0 fully saturated rings. The van der Waals surface area contributed by atoms with Gasteiger partial charge in [0.15, 0.2) is 0 Å². The fraction of sp³-hybridized carbons (Fsp3) is 0.156. The molecule has 4 aromatic rings. The topological polar surface area (TPSA) is 62.3 Å². The molecule has 4 rings (SSSR count). The van der Waals surface area contributed by atoms with Crippen LogP contribution in [0.5, 0.6) is 0 Å². The van der Waals surface area contributed by atoms with Gasteiger partial charge in [0.25, 0.3) is 5.91 Å². The molecular weight excluding hydrogens is 458 g/mol. The predicted molar refractivity (Wildman–Crippen MR) is 149 cm³/mol. The summed E-state index contributed by atoms with van der Waals surface area (Å²) in [5, 5.41) is 2.95. The van der Waals surface area contributed by atoms with Crippen molar-refractivity contribution in [3.63, 3.8) is 0 Å². The highest BCUT2D eigenvalue weighted by molar-refractivity contribution is 6.03. The Morgan fingerprint density at radius 1 is 0.865 bits per heavy atom. The van der Waals surface area contributed by atoms with Crippen molar-refractivity contribution in [3.8, 4) is 0 Å². The standard InChI is InChI=1S/C32H31N3O2/c1-25-8-7-11-28(22-25)24-35(32(37)18-15-26-9-3-2-4-10-26)30-16-13-27(14-17-30)23-31(36)34-21-19-29-12-5-6-20-33-29/h2-18,20,22H,19,21,23-24H2,1H3,(H,34,36). The van der Waals surface area contributed by atoms with Gasteiger partial charge in [-0.2, -0.15) is 0 Å². The van der Waals surface area contributed by atoms with Crippen LogP contribution in [-0.2, 0) is 29.0 Å². The van der Waals surface area contributed by atoms with E-state index in [2.05, 4.69) is 16.4 Å². The van der Waals surface area contributed by atoms with Crippen LogP contribution >= 0.6 is 0 Å². The summed E-state index contributed by atoms with van der Waals surface area (Å²) in [7, 11) is 0. The maximum Gasteiger partial charge on any atom is 0.251 e. The van der Waals surface area contributed by atoms with Crippen molar-refractivity contribution < 1.29 is 9.59 Å². The Balaban J connectivity index is 1.42. The number of rotatable bonds is 10. The molecular formula is C32H31N3O2. The van der Waals surface area contributed by atoms with Crippen molar-refractivity contribution in [1.82, 2.24) is 10.3 Å². The third-order valence-electron chi connectivity index (χ3n) is 5.95. The number of amides is 2. The average molecular weight is 490 g/mol. The molecule has 0 bridgehead atoms. The van der Waals surface area contributed by atoms with E-state index in [4.69, 9.17) is 0 Å². The largest absolute Gasteiger partial charge is 0.355 e. The number of hydrogen-bond acceptors (Lipinski definition) is 3. The lowest BCUT2D eigenvalue weighted by Crippen LogP contribution is -2.29. The molecule has 5 nitrogen and oxygen atoms in total. The summed E-state index contributed by atoms with van der Waals surface area (Å²) in [5.41, 5.74) is 5.79. The van der Waals surface area contributed by atoms with E-state index in [0.29, 0.717) is 19.5 Å². The van der Waals surface area contributed by atoms with Crippen molar-refractivity contribution in [2.45, 2.75) is 26.3 Å². The van der Waals surface area contributed by atoms with Crippen LogP contribution in [0.3, 0.4) is 0 Å². The minimum Gasteiger partial charge on any atom is -0.355 e. The van der Waals surface area contributed by atoms with E-state index in [1.165, 1.54) is 0 Å². The van der Waals surface area contributed by atoms with Crippen molar-refractivity contribution in [2.75, 3.05) is 11.4 Å². The first-order valence-electron chi connectivity index (χ1n) is 12.4. The third-order valence-corrected chi connectivity index (χ3v) is 5.95. The van der Waals surface area contributed by atoms with Gasteiger partial charge in [0.2, 0.25) is 5.91 Å². The number of benzene rings is 3. The maximum absolute atomic E-state index is 13.3. The first-order valence-corrected chi connectivity index (χ1v) is 12.4. The van der Waals surface area contributed by atoms with E-state index >= 15 is 0 Å². The van der Waals surface area contributed by atoms with Crippen LogP contribution in [-0.4, -0.2) is 23.3 Å². The van der Waals surface area contributed by atoms with Crippen LogP contribution < -0.4 is 10.2 Å². The molecule has 0 saturated heterocycles. The number of carbonyl (C=O) groups is 2. The van der Waals surface area contributed by atoms with Crippen molar-refractivity contribution in [1.29, 1.82) is 0 Å². The highest BCUT2D eigenvalue weighted by Crippen LogP contribution is 2.20. The number of hydrogen-bond donors (Lipinski definition) is 1. The summed E-state index contributed by atoms with van der Waals surface area (Å²) in [6.07, 6.45) is 6.16. The molecule has 1 N–H and O–H groups in total. The Morgan fingerprint density at radius 3 is 2.38 bits per heavy atom. The summed E-state index contributed by atoms with van der Waals surface area (Å²) >= 11 is 0. The van der Waals surface area contributed by atoms with Crippen LogP contribution in [0, 0.1) is 6.92 Å². The van der Waals surface area contributed by atoms with Crippen LogP contribution in [0.1, 0.15) is 27.9 Å². The third kappa shape index (κ3) is 8.00. The molecule has 0 aliphatic heterocycles. The summed E-state index contributed by atoms with van der Waals surface area (Å²) in [5.74, 6) is -0.146. The molecule has 0 spiro atoms. The van der Waals surface area contributed by atoms with E-state index in [0.717, 1.165) is 33.6 Å². The number of aryl methyl sites for hydroxylation is 1. The number of pyridine rings is 1. The van der Waals surface area contributed by atoms with Gasteiger partial charge in [0, 0.05) is 36.6 Å². The molecule has 0 radical (unpaired) electrons. The average Bonchev–Trinajstić information content (AvgIpc) is 2.92.